The van der Waals surface area contributed by atoms with Crippen LogP contribution in [0.25, 0.3) is 0 Å². The fraction of sp³-hybridized carbons (Fsp3) is 0.350. The van der Waals surface area contributed by atoms with E-state index in [4.69, 9.17) is 4.74 Å². The average molecular weight is 388 g/mol. The summed E-state index contributed by atoms with van der Waals surface area (Å²) >= 11 is 0. The van der Waals surface area contributed by atoms with E-state index in [9.17, 15) is 13.2 Å². The molecule has 1 amide bonds. The van der Waals surface area contributed by atoms with Crippen LogP contribution in [0.15, 0.2) is 47.4 Å². The van der Waals surface area contributed by atoms with Gasteiger partial charge in [0.1, 0.15) is 5.75 Å². The van der Waals surface area contributed by atoms with Crippen molar-refractivity contribution >= 4 is 21.6 Å². The molecular formula is C20H24N2O4S. The van der Waals surface area contributed by atoms with Gasteiger partial charge in [0.15, 0.2) is 6.10 Å². The van der Waals surface area contributed by atoms with Crippen molar-refractivity contribution in [3.63, 3.8) is 0 Å². The summed E-state index contributed by atoms with van der Waals surface area (Å²) in [6, 6.07) is 12.1. The normalized spacial score (nSPS) is 16.4. The van der Waals surface area contributed by atoms with Gasteiger partial charge in [0.25, 0.3) is 15.9 Å². The number of hydrogen-bond acceptors (Lipinski definition) is 4. The van der Waals surface area contributed by atoms with Crippen LogP contribution in [0.5, 0.6) is 5.75 Å². The zero-order valence-electron chi connectivity index (χ0n) is 15.7. The Kier molecular flexibility index (Phi) is 5.41. The molecule has 0 fully saturated rings. The van der Waals surface area contributed by atoms with Crippen LogP contribution >= 0.6 is 0 Å². The van der Waals surface area contributed by atoms with Crippen molar-refractivity contribution in [2.75, 3.05) is 17.4 Å². The minimum atomic E-state index is -3.84. The second-order valence-electron chi connectivity index (χ2n) is 6.67. The van der Waals surface area contributed by atoms with Gasteiger partial charge in [-0.25, -0.2) is 8.42 Å². The number of nitrogens with one attached hydrogen (secondary N) is 1. The van der Waals surface area contributed by atoms with Gasteiger partial charge in [-0.1, -0.05) is 36.8 Å². The number of para-hydroxylation sites is 2. The zero-order valence-corrected chi connectivity index (χ0v) is 16.5. The van der Waals surface area contributed by atoms with Crippen molar-refractivity contribution in [1.82, 2.24) is 5.32 Å². The Labute approximate surface area is 160 Å². The van der Waals surface area contributed by atoms with Gasteiger partial charge in [0, 0.05) is 6.54 Å². The van der Waals surface area contributed by atoms with Crippen molar-refractivity contribution < 1.29 is 17.9 Å². The SMILES string of the molecule is CCCNC(=O)[C@@H]1CN(S(=O)(=O)c2ccc(C)cc2C)c2ccccc2O1. The monoisotopic (exact) mass is 388 g/mol. The van der Waals surface area contributed by atoms with Crippen molar-refractivity contribution in [3.8, 4) is 5.75 Å². The van der Waals surface area contributed by atoms with Gasteiger partial charge >= 0.3 is 0 Å². The molecule has 1 atom stereocenters. The first-order chi connectivity index (χ1) is 12.8. The summed E-state index contributed by atoms with van der Waals surface area (Å²) in [5.74, 6) is 0.0703. The summed E-state index contributed by atoms with van der Waals surface area (Å²) in [5.41, 5.74) is 2.11. The topological polar surface area (TPSA) is 75.7 Å². The molecule has 2 aromatic rings. The van der Waals surface area contributed by atoms with Crippen molar-refractivity contribution in [1.29, 1.82) is 0 Å². The minimum absolute atomic E-state index is 0.0673. The molecule has 1 heterocycles. The van der Waals surface area contributed by atoms with E-state index < -0.39 is 16.1 Å². The molecule has 0 saturated heterocycles. The third-order valence-corrected chi connectivity index (χ3v) is 6.41. The van der Waals surface area contributed by atoms with E-state index in [-0.39, 0.29) is 17.3 Å². The maximum absolute atomic E-state index is 13.4. The summed E-state index contributed by atoms with van der Waals surface area (Å²) in [4.78, 5) is 12.7. The summed E-state index contributed by atoms with van der Waals surface area (Å²) in [6.45, 7) is 6.10. The number of carbonyl (C=O) groups excluding carboxylic acids is 1. The van der Waals surface area contributed by atoms with Crippen LogP contribution in [0.4, 0.5) is 5.69 Å². The lowest BCUT2D eigenvalue weighted by Crippen LogP contribution is -2.50. The lowest BCUT2D eigenvalue weighted by atomic mass is 10.2. The molecule has 27 heavy (non-hydrogen) atoms. The molecule has 0 radical (unpaired) electrons. The number of amides is 1. The number of hydrogen-bond donors (Lipinski definition) is 1. The second kappa shape index (κ2) is 7.60. The standard InChI is InChI=1S/C20H24N2O4S/c1-4-11-21-20(23)18-13-22(16-7-5-6-8-17(16)26-18)27(24,25)19-10-9-14(2)12-15(19)3/h5-10,12,18H,4,11,13H2,1-3H3,(H,21,23)/t18-/m0/s1. The van der Waals surface area contributed by atoms with Gasteiger partial charge in [-0.15, -0.1) is 0 Å². The maximum atomic E-state index is 13.4. The fourth-order valence-electron chi connectivity index (χ4n) is 3.14. The summed E-state index contributed by atoms with van der Waals surface area (Å²) < 4.78 is 33.9. The number of rotatable bonds is 5. The highest BCUT2D eigenvalue weighted by Gasteiger charge is 2.37. The van der Waals surface area contributed by atoms with E-state index in [1.165, 1.54) is 4.31 Å². The van der Waals surface area contributed by atoms with E-state index in [1.807, 2.05) is 19.9 Å². The second-order valence-corrected chi connectivity index (χ2v) is 8.50. The van der Waals surface area contributed by atoms with Crippen LogP contribution in [0.2, 0.25) is 0 Å². The number of aryl methyl sites for hydroxylation is 2. The van der Waals surface area contributed by atoms with Gasteiger partial charge in [-0.2, -0.15) is 0 Å². The van der Waals surface area contributed by atoms with E-state index in [0.29, 0.717) is 23.5 Å². The van der Waals surface area contributed by atoms with E-state index in [1.54, 1.807) is 43.3 Å². The maximum Gasteiger partial charge on any atom is 0.264 e. The van der Waals surface area contributed by atoms with E-state index >= 15 is 0 Å². The predicted molar refractivity (Wildman–Crippen MR) is 105 cm³/mol. The number of carbonyl (C=O) groups is 1. The van der Waals surface area contributed by atoms with Gasteiger partial charge in [0.05, 0.1) is 17.1 Å². The summed E-state index contributed by atoms with van der Waals surface area (Å²) in [6.07, 6.45) is -0.105. The summed E-state index contributed by atoms with van der Waals surface area (Å²) in [5, 5.41) is 2.78. The van der Waals surface area contributed by atoms with Gasteiger partial charge in [-0.3, -0.25) is 9.10 Å². The highest BCUT2D eigenvalue weighted by molar-refractivity contribution is 7.92. The number of fused-ring (bicyclic) bond motifs is 1. The van der Waals surface area contributed by atoms with Crippen LogP contribution < -0.4 is 14.4 Å². The molecule has 1 N–H and O–H groups in total. The Balaban J connectivity index is 2.03. The molecule has 0 spiro atoms. The molecule has 6 nitrogen and oxygen atoms in total. The Morgan fingerprint density at radius 2 is 1.96 bits per heavy atom. The first-order valence-corrected chi connectivity index (χ1v) is 10.4. The zero-order chi connectivity index (χ0) is 19.6. The Bertz CT molecular complexity index is 956. The highest BCUT2D eigenvalue weighted by Crippen LogP contribution is 2.37. The molecule has 0 bridgehead atoms. The molecule has 3 rings (SSSR count). The Morgan fingerprint density at radius 3 is 2.67 bits per heavy atom. The van der Waals surface area contributed by atoms with Crippen molar-refractivity contribution in [3.05, 3.63) is 53.6 Å². The smallest absolute Gasteiger partial charge is 0.264 e. The highest BCUT2D eigenvalue weighted by atomic mass is 32.2. The van der Waals surface area contributed by atoms with E-state index in [0.717, 1.165) is 12.0 Å². The molecular weight excluding hydrogens is 364 g/mol. The molecule has 0 aliphatic carbocycles. The average Bonchev–Trinajstić information content (AvgIpc) is 2.64. The fourth-order valence-corrected chi connectivity index (χ4v) is 4.82. The van der Waals surface area contributed by atoms with Crippen LogP contribution in [0.1, 0.15) is 24.5 Å². The molecule has 144 valence electrons. The number of anilines is 1. The third kappa shape index (κ3) is 3.78. The molecule has 0 saturated carbocycles. The van der Waals surface area contributed by atoms with Gasteiger partial charge in [0.2, 0.25) is 0 Å². The van der Waals surface area contributed by atoms with Crippen molar-refractivity contribution in [2.24, 2.45) is 0 Å². The lowest BCUT2D eigenvalue weighted by molar-refractivity contribution is -0.127. The third-order valence-electron chi connectivity index (χ3n) is 4.47. The first-order valence-electron chi connectivity index (χ1n) is 8.98. The molecule has 1 aliphatic rings. The van der Waals surface area contributed by atoms with Crippen molar-refractivity contribution in [2.45, 2.75) is 38.2 Å². The van der Waals surface area contributed by atoms with Crippen LogP contribution in [-0.4, -0.2) is 33.5 Å². The van der Waals surface area contributed by atoms with Gasteiger partial charge in [-0.05, 0) is 44.0 Å². The number of benzene rings is 2. The van der Waals surface area contributed by atoms with Gasteiger partial charge < -0.3 is 10.1 Å². The van der Waals surface area contributed by atoms with Crippen LogP contribution in [-0.2, 0) is 14.8 Å². The number of nitrogens with zero attached hydrogens (tertiary/aromatic N) is 1. The van der Waals surface area contributed by atoms with Crippen LogP contribution in [0.3, 0.4) is 0 Å². The van der Waals surface area contributed by atoms with Crippen LogP contribution in [0, 0.1) is 13.8 Å². The Hall–Kier alpha value is -2.54. The lowest BCUT2D eigenvalue weighted by Gasteiger charge is -2.35. The molecule has 7 heteroatoms. The molecule has 2 aromatic carbocycles. The number of sulfonamides is 1. The molecule has 0 aromatic heterocycles. The van der Waals surface area contributed by atoms with E-state index in [2.05, 4.69) is 5.32 Å². The molecule has 0 unspecified atom stereocenters. The largest absolute Gasteiger partial charge is 0.476 e. The number of ether oxygens (including phenoxy) is 1. The summed E-state index contributed by atoms with van der Waals surface area (Å²) in [7, 11) is -3.84. The quantitative estimate of drug-likeness (QED) is 0.855. The predicted octanol–water partition coefficient (Wildman–Crippen LogP) is 2.79. The minimum Gasteiger partial charge on any atom is -0.476 e. The molecule has 1 aliphatic heterocycles. The Morgan fingerprint density at radius 1 is 1.22 bits per heavy atom. The first kappa shape index (κ1) is 19.2.